The summed E-state index contributed by atoms with van der Waals surface area (Å²) in [5.74, 6) is 0.935. The van der Waals surface area contributed by atoms with Crippen molar-refractivity contribution in [1.29, 1.82) is 0 Å². The fraction of sp³-hybridized carbons (Fsp3) is 0.167. The van der Waals surface area contributed by atoms with Crippen LogP contribution >= 0.6 is 0 Å². The molecule has 3 aromatic rings. The predicted molar refractivity (Wildman–Crippen MR) is 91.3 cm³/mol. The van der Waals surface area contributed by atoms with Crippen molar-refractivity contribution < 1.29 is 9.84 Å². The number of anilines is 1. The van der Waals surface area contributed by atoms with Crippen LogP contribution in [0.2, 0.25) is 0 Å². The lowest BCUT2D eigenvalue weighted by Gasteiger charge is -2.10. The molecule has 0 fully saturated rings. The van der Waals surface area contributed by atoms with E-state index in [2.05, 4.69) is 10.3 Å². The number of phenolic OH excluding ortho intramolecular Hbond substituents is 1. The molecule has 0 radical (unpaired) electrons. The summed E-state index contributed by atoms with van der Waals surface area (Å²) in [6.07, 6.45) is 0. The smallest absolute Gasteiger partial charge is 0.253 e. The predicted octanol–water partition coefficient (Wildman–Crippen LogP) is 3.16. The highest BCUT2D eigenvalue weighted by Gasteiger charge is 2.05. The third-order valence-electron chi connectivity index (χ3n) is 3.81. The SMILES string of the molecule is COc1ccc2cc(CNc3ccc(O)cc3C)c(=O)[nH]c2c1. The van der Waals surface area contributed by atoms with Gasteiger partial charge in [-0.15, -0.1) is 0 Å². The van der Waals surface area contributed by atoms with Gasteiger partial charge in [0.25, 0.3) is 5.56 Å². The Balaban J connectivity index is 1.88. The Bertz CT molecular complexity index is 916. The van der Waals surface area contributed by atoms with E-state index >= 15 is 0 Å². The largest absolute Gasteiger partial charge is 0.508 e. The number of aromatic hydroxyl groups is 1. The van der Waals surface area contributed by atoms with Crippen LogP contribution in [0.4, 0.5) is 5.69 Å². The van der Waals surface area contributed by atoms with Gasteiger partial charge in [0.1, 0.15) is 11.5 Å². The normalized spacial score (nSPS) is 10.7. The number of ether oxygens (including phenoxy) is 1. The summed E-state index contributed by atoms with van der Waals surface area (Å²) < 4.78 is 5.17. The fourth-order valence-electron chi connectivity index (χ4n) is 2.52. The quantitative estimate of drug-likeness (QED) is 0.647. The number of fused-ring (bicyclic) bond motifs is 1. The zero-order chi connectivity index (χ0) is 16.4. The van der Waals surface area contributed by atoms with Gasteiger partial charge >= 0.3 is 0 Å². The van der Waals surface area contributed by atoms with Crippen molar-refractivity contribution in [2.24, 2.45) is 0 Å². The van der Waals surface area contributed by atoms with Gasteiger partial charge in [0, 0.05) is 23.9 Å². The van der Waals surface area contributed by atoms with E-state index in [1.165, 1.54) is 0 Å². The van der Waals surface area contributed by atoms with Crippen molar-refractivity contribution in [2.45, 2.75) is 13.5 Å². The molecule has 1 aromatic heterocycles. The zero-order valence-corrected chi connectivity index (χ0v) is 13.0. The number of pyridine rings is 1. The number of hydrogen-bond donors (Lipinski definition) is 3. The van der Waals surface area contributed by atoms with Gasteiger partial charge in [-0.2, -0.15) is 0 Å². The molecule has 0 aliphatic heterocycles. The molecule has 5 nitrogen and oxygen atoms in total. The van der Waals surface area contributed by atoms with Gasteiger partial charge in [0.2, 0.25) is 0 Å². The standard InChI is InChI=1S/C18H18N2O3/c1-11-7-14(21)4-6-16(11)19-10-13-8-12-3-5-15(23-2)9-17(12)20-18(13)22/h3-9,19,21H,10H2,1-2H3,(H,20,22). The summed E-state index contributed by atoms with van der Waals surface area (Å²) in [6, 6.07) is 12.5. The fourth-order valence-corrected chi connectivity index (χ4v) is 2.52. The van der Waals surface area contributed by atoms with E-state index in [1.807, 2.05) is 25.1 Å². The van der Waals surface area contributed by atoms with E-state index in [1.54, 1.807) is 31.4 Å². The lowest BCUT2D eigenvalue weighted by molar-refractivity contribution is 0.415. The minimum atomic E-state index is -0.130. The first-order valence-electron chi connectivity index (χ1n) is 7.30. The molecule has 0 saturated carbocycles. The first-order valence-corrected chi connectivity index (χ1v) is 7.30. The van der Waals surface area contributed by atoms with Gasteiger partial charge in [-0.3, -0.25) is 4.79 Å². The van der Waals surface area contributed by atoms with E-state index in [0.29, 0.717) is 17.9 Å². The maximum atomic E-state index is 12.2. The second kappa shape index (κ2) is 6.04. The van der Waals surface area contributed by atoms with Crippen molar-refractivity contribution in [1.82, 2.24) is 4.98 Å². The molecule has 0 aliphatic rings. The van der Waals surface area contributed by atoms with Crippen LogP contribution in [0.5, 0.6) is 11.5 Å². The van der Waals surface area contributed by atoms with Gasteiger partial charge in [-0.1, -0.05) is 0 Å². The molecule has 0 saturated heterocycles. The molecule has 0 atom stereocenters. The lowest BCUT2D eigenvalue weighted by Crippen LogP contribution is -2.15. The molecule has 5 heteroatoms. The van der Waals surface area contributed by atoms with E-state index in [4.69, 9.17) is 4.74 Å². The van der Waals surface area contributed by atoms with Gasteiger partial charge in [-0.25, -0.2) is 0 Å². The summed E-state index contributed by atoms with van der Waals surface area (Å²) >= 11 is 0. The highest BCUT2D eigenvalue weighted by molar-refractivity contribution is 5.80. The van der Waals surface area contributed by atoms with Crippen LogP contribution in [0.25, 0.3) is 10.9 Å². The number of aromatic nitrogens is 1. The lowest BCUT2D eigenvalue weighted by atomic mass is 10.1. The number of rotatable bonds is 4. The number of nitrogens with one attached hydrogen (secondary N) is 2. The number of hydrogen-bond acceptors (Lipinski definition) is 4. The molecule has 0 bridgehead atoms. The van der Waals surface area contributed by atoms with Crippen molar-refractivity contribution >= 4 is 16.6 Å². The van der Waals surface area contributed by atoms with Crippen LogP contribution in [0, 0.1) is 6.92 Å². The number of aromatic amines is 1. The van der Waals surface area contributed by atoms with Gasteiger partial charge < -0.3 is 20.1 Å². The Morgan fingerprint density at radius 3 is 2.74 bits per heavy atom. The number of methoxy groups -OCH3 is 1. The molecule has 1 heterocycles. The maximum Gasteiger partial charge on any atom is 0.253 e. The number of benzene rings is 2. The second-order valence-electron chi connectivity index (χ2n) is 5.43. The zero-order valence-electron chi connectivity index (χ0n) is 13.0. The highest BCUT2D eigenvalue weighted by atomic mass is 16.5. The van der Waals surface area contributed by atoms with E-state index < -0.39 is 0 Å². The summed E-state index contributed by atoms with van der Waals surface area (Å²) in [4.78, 5) is 15.1. The summed E-state index contributed by atoms with van der Waals surface area (Å²) in [7, 11) is 1.59. The molecule has 23 heavy (non-hydrogen) atoms. The molecule has 0 spiro atoms. The Morgan fingerprint density at radius 2 is 2.00 bits per heavy atom. The average molecular weight is 310 g/mol. The Morgan fingerprint density at radius 1 is 1.17 bits per heavy atom. The summed E-state index contributed by atoms with van der Waals surface area (Å²) in [5.41, 5.74) is 3.08. The monoisotopic (exact) mass is 310 g/mol. The Labute approximate surface area is 133 Å². The van der Waals surface area contributed by atoms with Crippen molar-refractivity contribution in [3.05, 3.63) is 63.9 Å². The molecule has 0 unspecified atom stereocenters. The molecule has 3 N–H and O–H groups in total. The van der Waals surface area contributed by atoms with Crippen molar-refractivity contribution in [3.63, 3.8) is 0 Å². The molecule has 0 amide bonds. The molecule has 3 rings (SSSR count). The number of aryl methyl sites for hydroxylation is 1. The minimum Gasteiger partial charge on any atom is -0.508 e. The van der Waals surface area contributed by atoms with Crippen LogP contribution in [0.1, 0.15) is 11.1 Å². The number of H-pyrrole nitrogens is 1. The van der Waals surface area contributed by atoms with Crippen LogP contribution in [-0.4, -0.2) is 17.2 Å². The van der Waals surface area contributed by atoms with Crippen molar-refractivity contribution in [3.8, 4) is 11.5 Å². The van der Waals surface area contributed by atoms with Gasteiger partial charge in [0.15, 0.2) is 0 Å². The molecule has 0 aliphatic carbocycles. The molecule has 118 valence electrons. The summed E-state index contributed by atoms with van der Waals surface area (Å²) in [6.45, 7) is 2.31. The maximum absolute atomic E-state index is 12.2. The van der Waals surface area contributed by atoms with Gasteiger partial charge in [-0.05, 0) is 54.3 Å². The Kier molecular flexibility index (Phi) is 3.93. The Hall–Kier alpha value is -2.95. The van der Waals surface area contributed by atoms with Crippen LogP contribution in [-0.2, 0) is 6.54 Å². The first-order chi connectivity index (χ1) is 11.1. The van der Waals surface area contributed by atoms with Crippen LogP contribution in [0.3, 0.4) is 0 Å². The average Bonchev–Trinajstić information content (AvgIpc) is 2.53. The van der Waals surface area contributed by atoms with E-state index in [0.717, 1.165) is 22.2 Å². The number of phenols is 1. The van der Waals surface area contributed by atoms with Crippen molar-refractivity contribution in [2.75, 3.05) is 12.4 Å². The minimum absolute atomic E-state index is 0.130. The van der Waals surface area contributed by atoms with Crippen LogP contribution in [0.15, 0.2) is 47.3 Å². The van der Waals surface area contributed by atoms with Gasteiger partial charge in [0.05, 0.1) is 12.6 Å². The van der Waals surface area contributed by atoms with E-state index in [9.17, 15) is 9.90 Å². The first kappa shape index (κ1) is 15.0. The van der Waals surface area contributed by atoms with Crippen LogP contribution < -0.4 is 15.6 Å². The third kappa shape index (κ3) is 3.13. The third-order valence-corrected chi connectivity index (χ3v) is 3.81. The summed E-state index contributed by atoms with van der Waals surface area (Å²) in [5, 5.41) is 13.6. The second-order valence-corrected chi connectivity index (χ2v) is 5.43. The molecule has 2 aromatic carbocycles. The molecular formula is C18H18N2O3. The highest BCUT2D eigenvalue weighted by Crippen LogP contribution is 2.21. The topological polar surface area (TPSA) is 74.3 Å². The molecular weight excluding hydrogens is 292 g/mol. The van der Waals surface area contributed by atoms with E-state index in [-0.39, 0.29) is 11.3 Å².